The number of sulfonamides is 1. The molecule has 3 aromatic rings. The van der Waals surface area contributed by atoms with Crippen molar-refractivity contribution in [2.24, 2.45) is 0 Å². The van der Waals surface area contributed by atoms with Crippen molar-refractivity contribution in [2.75, 3.05) is 37.2 Å². The van der Waals surface area contributed by atoms with Crippen LogP contribution >= 0.6 is 11.6 Å². The lowest BCUT2D eigenvalue weighted by molar-refractivity contribution is -0.114. The van der Waals surface area contributed by atoms with Gasteiger partial charge in [-0.25, -0.2) is 8.42 Å². The molecule has 0 spiro atoms. The van der Waals surface area contributed by atoms with Crippen molar-refractivity contribution in [1.29, 1.82) is 0 Å². The van der Waals surface area contributed by atoms with Crippen LogP contribution in [0.15, 0.2) is 59.5 Å². The molecule has 0 fully saturated rings. The van der Waals surface area contributed by atoms with Gasteiger partial charge < -0.3 is 24.3 Å². The molecule has 35 heavy (non-hydrogen) atoms. The highest BCUT2D eigenvalue weighted by Crippen LogP contribution is 2.36. The largest absolute Gasteiger partial charge is 0.495 e. The maximum absolute atomic E-state index is 13.8. The van der Waals surface area contributed by atoms with Crippen LogP contribution in [-0.4, -0.2) is 41.9 Å². The number of amides is 1. The summed E-state index contributed by atoms with van der Waals surface area (Å²) in [6, 6.07) is 14.2. The minimum absolute atomic E-state index is 0.0807. The molecule has 1 amide bonds. The van der Waals surface area contributed by atoms with Crippen LogP contribution in [0.1, 0.15) is 5.56 Å². The fourth-order valence-corrected chi connectivity index (χ4v) is 5.44. The van der Waals surface area contributed by atoms with Crippen molar-refractivity contribution >= 4 is 38.9 Å². The van der Waals surface area contributed by atoms with E-state index in [1.54, 1.807) is 37.3 Å². The van der Waals surface area contributed by atoms with Gasteiger partial charge in [0.25, 0.3) is 10.0 Å². The van der Waals surface area contributed by atoms with Crippen LogP contribution in [-0.2, 0) is 14.8 Å². The van der Waals surface area contributed by atoms with Crippen molar-refractivity contribution in [3.63, 3.8) is 0 Å². The number of ether oxygens (including phenoxy) is 4. The number of hydrogen-bond acceptors (Lipinski definition) is 7. The zero-order valence-electron chi connectivity index (χ0n) is 19.2. The van der Waals surface area contributed by atoms with Crippen molar-refractivity contribution < 1.29 is 32.2 Å². The van der Waals surface area contributed by atoms with Gasteiger partial charge in [0.05, 0.1) is 24.9 Å². The lowest BCUT2D eigenvalue weighted by atomic mass is 10.2. The van der Waals surface area contributed by atoms with Crippen molar-refractivity contribution in [2.45, 2.75) is 11.8 Å². The number of nitrogens with zero attached hydrogens (tertiary/aromatic N) is 1. The first-order chi connectivity index (χ1) is 16.7. The molecule has 0 aromatic heterocycles. The molecule has 1 N–H and O–H groups in total. The molecule has 0 bridgehead atoms. The zero-order valence-corrected chi connectivity index (χ0v) is 20.8. The van der Waals surface area contributed by atoms with Gasteiger partial charge in [0.2, 0.25) is 12.7 Å². The summed E-state index contributed by atoms with van der Waals surface area (Å²) in [6.07, 6.45) is 0. The molecule has 9 nitrogen and oxygen atoms in total. The number of halogens is 1. The van der Waals surface area contributed by atoms with E-state index in [1.165, 1.54) is 38.5 Å². The summed E-state index contributed by atoms with van der Waals surface area (Å²) in [5.74, 6) is 0.985. The van der Waals surface area contributed by atoms with E-state index >= 15 is 0 Å². The number of anilines is 2. The van der Waals surface area contributed by atoms with Gasteiger partial charge in [0, 0.05) is 11.8 Å². The third-order valence-corrected chi connectivity index (χ3v) is 7.34. The molecule has 0 atom stereocenters. The van der Waals surface area contributed by atoms with Gasteiger partial charge in [-0.1, -0.05) is 17.7 Å². The monoisotopic (exact) mass is 518 g/mol. The number of rotatable bonds is 8. The van der Waals surface area contributed by atoms with E-state index in [0.29, 0.717) is 28.5 Å². The first-order valence-corrected chi connectivity index (χ1v) is 12.2. The number of carbonyl (C=O) groups excluding carboxylic acids is 1. The van der Waals surface area contributed by atoms with E-state index in [4.69, 9.17) is 30.5 Å². The van der Waals surface area contributed by atoms with Crippen LogP contribution in [0.4, 0.5) is 11.4 Å². The fourth-order valence-electron chi connectivity index (χ4n) is 3.53. The molecule has 0 saturated carbocycles. The zero-order chi connectivity index (χ0) is 25.2. The van der Waals surface area contributed by atoms with Gasteiger partial charge >= 0.3 is 0 Å². The second-order valence-electron chi connectivity index (χ2n) is 7.60. The van der Waals surface area contributed by atoms with Crippen molar-refractivity contribution in [1.82, 2.24) is 0 Å². The number of nitrogens with one attached hydrogen (secondary N) is 1. The summed E-state index contributed by atoms with van der Waals surface area (Å²) in [6.45, 7) is 1.32. The summed E-state index contributed by atoms with van der Waals surface area (Å²) in [5.41, 5.74) is 1.32. The van der Waals surface area contributed by atoms with E-state index in [9.17, 15) is 13.2 Å². The summed E-state index contributed by atoms with van der Waals surface area (Å²) >= 11 is 6.28. The smallest absolute Gasteiger partial charge is 0.268 e. The van der Waals surface area contributed by atoms with Gasteiger partial charge in [0.1, 0.15) is 22.9 Å². The van der Waals surface area contributed by atoms with Crippen LogP contribution in [0, 0.1) is 6.92 Å². The molecular formula is C24H23ClN2O7S. The summed E-state index contributed by atoms with van der Waals surface area (Å²) in [5, 5.41) is 2.90. The van der Waals surface area contributed by atoms with E-state index < -0.39 is 22.5 Å². The predicted octanol–water partition coefficient (Wildman–Crippen LogP) is 4.23. The Morgan fingerprint density at radius 1 is 1.00 bits per heavy atom. The maximum atomic E-state index is 13.8. The SMILES string of the molecule is COc1ccc(N(CC(=O)Nc2ccc3c(c2)OCO3)S(=O)(=O)c2cc(C)ccc2OC)cc1Cl. The molecule has 0 aliphatic carbocycles. The predicted molar refractivity (Wildman–Crippen MR) is 131 cm³/mol. The average Bonchev–Trinajstić information content (AvgIpc) is 3.30. The molecule has 1 aliphatic rings. The van der Waals surface area contributed by atoms with Crippen molar-refractivity contribution in [3.8, 4) is 23.0 Å². The van der Waals surface area contributed by atoms with Crippen LogP contribution in [0.5, 0.6) is 23.0 Å². The number of fused-ring (bicyclic) bond motifs is 1. The summed E-state index contributed by atoms with van der Waals surface area (Å²) in [4.78, 5) is 12.9. The van der Waals surface area contributed by atoms with Gasteiger partial charge in [0.15, 0.2) is 11.5 Å². The number of aryl methyl sites for hydroxylation is 1. The topological polar surface area (TPSA) is 103 Å². The van der Waals surface area contributed by atoms with Crippen LogP contribution in [0.25, 0.3) is 0 Å². The Morgan fingerprint density at radius 3 is 2.43 bits per heavy atom. The Bertz CT molecular complexity index is 1380. The normalized spacial score (nSPS) is 12.2. The maximum Gasteiger partial charge on any atom is 0.268 e. The summed E-state index contributed by atoms with van der Waals surface area (Å²) < 4.78 is 49.7. The highest BCUT2D eigenvalue weighted by atomic mass is 35.5. The highest BCUT2D eigenvalue weighted by molar-refractivity contribution is 7.93. The number of methoxy groups -OCH3 is 2. The third-order valence-electron chi connectivity index (χ3n) is 5.25. The first kappa shape index (κ1) is 24.5. The third kappa shape index (κ3) is 5.08. The second-order valence-corrected chi connectivity index (χ2v) is 9.84. The Kier molecular flexibility index (Phi) is 6.95. The molecule has 11 heteroatoms. The van der Waals surface area contributed by atoms with Gasteiger partial charge in [-0.3, -0.25) is 9.10 Å². The Balaban J connectivity index is 1.71. The minimum atomic E-state index is -4.25. The first-order valence-electron chi connectivity index (χ1n) is 10.4. The molecular weight excluding hydrogens is 496 g/mol. The quantitative estimate of drug-likeness (QED) is 0.476. The van der Waals surface area contributed by atoms with E-state index in [1.807, 2.05) is 0 Å². The van der Waals surface area contributed by atoms with Gasteiger partial charge in [-0.05, 0) is 55.0 Å². The molecule has 0 radical (unpaired) electrons. The standard InChI is InChI=1S/C24H23ClN2O7S/c1-15-4-7-21(32-3)23(10-15)35(29,30)27(17-6-9-19(31-2)18(25)12-17)13-24(28)26-16-5-8-20-22(11-16)34-14-33-20/h4-12H,13-14H2,1-3H3,(H,26,28). The van der Waals surface area contributed by atoms with E-state index in [0.717, 1.165) is 4.31 Å². The van der Waals surface area contributed by atoms with E-state index in [-0.39, 0.29) is 28.1 Å². The fraction of sp³-hybridized carbons (Fsp3) is 0.208. The summed E-state index contributed by atoms with van der Waals surface area (Å²) in [7, 11) is -1.42. The molecule has 184 valence electrons. The Labute approximate surface area is 208 Å². The lowest BCUT2D eigenvalue weighted by Crippen LogP contribution is -2.38. The number of benzene rings is 3. The average molecular weight is 519 g/mol. The molecule has 1 heterocycles. The van der Waals surface area contributed by atoms with Crippen LogP contribution < -0.4 is 28.6 Å². The van der Waals surface area contributed by atoms with Crippen LogP contribution in [0.3, 0.4) is 0 Å². The van der Waals surface area contributed by atoms with E-state index in [2.05, 4.69) is 5.32 Å². The molecule has 3 aromatic carbocycles. The second kappa shape index (κ2) is 9.93. The molecule has 0 saturated heterocycles. The van der Waals surface area contributed by atoms with Crippen molar-refractivity contribution in [3.05, 3.63) is 65.2 Å². The Hall–Kier alpha value is -3.63. The minimum Gasteiger partial charge on any atom is -0.495 e. The lowest BCUT2D eigenvalue weighted by Gasteiger charge is -2.25. The molecule has 1 aliphatic heterocycles. The Morgan fingerprint density at radius 2 is 1.71 bits per heavy atom. The number of hydrogen-bond donors (Lipinski definition) is 1. The molecule has 0 unspecified atom stereocenters. The number of carbonyl (C=O) groups is 1. The molecule has 4 rings (SSSR count). The van der Waals surface area contributed by atoms with Gasteiger partial charge in [-0.2, -0.15) is 0 Å². The van der Waals surface area contributed by atoms with Gasteiger partial charge in [-0.15, -0.1) is 0 Å². The highest BCUT2D eigenvalue weighted by Gasteiger charge is 2.31. The van der Waals surface area contributed by atoms with Crippen LogP contribution in [0.2, 0.25) is 5.02 Å².